The number of rotatable bonds is 3. The highest BCUT2D eigenvalue weighted by Crippen LogP contribution is 2.38. The Morgan fingerprint density at radius 1 is 1.53 bits per heavy atom. The summed E-state index contributed by atoms with van der Waals surface area (Å²) in [6, 6.07) is 4.03. The number of pyridine rings is 1. The number of carbonyl (C=O) groups excluding carboxylic acids is 1. The lowest BCUT2D eigenvalue weighted by atomic mass is 9.73. The molecule has 2 N–H and O–H groups in total. The van der Waals surface area contributed by atoms with Crippen molar-refractivity contribution in [1.82, 2.24) is 4.98 Å². The zero-order valence-corrected chi connectivity index (χ0v) is 9.98. The molecular formula is C14H18N2O. The average Bonchev–Trinajstić information content (AvgIpc) is 2.70. The van der Waals surface area contributed by atoms with E-state index in [4.69, 9.17) is 5.73 Å². The number of carbonyl (C=O) groups is 1. The lowest BCUT2D eigenvalue weighted by molar-refractivity contribution is -0.122. The van der Waals surface area contributed by atoms with Gasteiger partial charge in [-0.05, 0) is 43.7 Å². The quantitative estimate of drug-likeness (QED) is 0.863. The molecule has 0 radical (unpaired) electrons. The third kappa shape index (κ3) is 1.89. The van der Waals surface area contributed by atoms with Gasteiger partial charge in [-0.15, -0.1) is 0 Å². The van der Waals surface area contributed by atoms with Crippen molar-refractivity contribution in [3.63, 3.8) is 0 Å². The van der Waals surface area contributed by atoms with Crippen molar-refractivity contribution in [2.45, 2.75) is 50.0 Å². The minimum Gasteiger partial charge on any atom is -0.325 e. The van der Waals surface area contributed by atoms with Gasteiger partial charge >= 0.3 is 0 Å². The second-order valence-corrected chi connectivity index (χ2v) is 5.50. The first kappa shape index (κ1) is 10.9. The summed E-state index contributed by atoms with van der Waals surface area (Å²) >= 11 is 0. The summed E-state index contributed by atoms with van der Waals surface area (Å²) < 4.78 is 0. The maximum atomic E-state index is 12.3. The molecule has 2 aliphatic rings. The molecule has 3 nitrogen and oxygen atoms in total. The fourth-order valence-corrected chi connectivity index (χ4v) is 3.00. The number of hydrogen-bond donors (Lipinski definition) is 1. The fraction of sp³-hybridized carbons (Fsp3) is 0.571. The molecule has 1 saturated carbocycles. The first-order chi connectivity index (χ1) is 8.18. The number of nitrogens with zero attached hydrogens (tertiary/aromatic N) is 1. The molecule has 3 rings (SSSR count). The molecule has 1 unspecified atom stereocenters. The molecule has 1 heterocycles. The third-order valence-electron chi connectivity index (χ3n) is 4.22. The number of aromatic nitrogens is 1. The topological polar surface area (TPSA) is 56.0 Å². The lowest BCUT2D eigenvalue weighted by Gasteiger charge is -2.38. The highest BCUT2D eigenvalue weighted by molar-refractivity contribution is 5.87. The van der Waals surface area contributed by atoms with Crippen LogP contribution in [0.3, 0.4) is 0 Å². The van der Waals surface area contributed by atoms with Crippen LogP contribution < -0.4 is 5.73 Å². The Kier molecular flexibility index (Phi) is 2.51. The van der Waals surface area contributed by atoms with Crippen LogP contribution in [0.2, 0.25) is 0 Å². The second kappa shape index (κ2) is 3.91. The second-order valence-electron chi connectivity index (χ2n) is 5.50. The van der Waals surface area contributed by atoms with Gasteiger partial charge in [-0.25, -0.2) is 0 Å². The summed E-state index contributed by atoms with van der Waals surface area (Å²) in [7, 11) is 0. The monoisotopic (exact) mass is 230 g/mol. The van der Waals surface area contributed by atoms with E-state index in [9.17, 15) is 4.79 Å². The Morgan fingerprint density at radius 2 is 2.35 bits per heavy atom. The Balaban J connectivity index is 1.75. The van der Waals surface area contributed by atoms with Crippen LogP contribution in [-0.4, -0.2) is 16.3 Å². The summed E-state index contributed by atoms with van der Waals surface area (Å²) in [4.78, 5) is 16.7. The van der Waals surface area contributed by atoms with Gasteiger partial charge in [0.2, 0.25) is 0 Å². The van der Waals surface area contributed by atoms with Crippen LogP contribution in [0.1, 0.15) is 49.3 Å². The van der Waals surface area contributed by atoms with E-state index < -0.39 is 0 Å². The average molecular weight is 230 g/mol. The van der Waals surface area contributed by atoms with Gasteiger partial charge in [-0.2, -0.15) is 0 Å². The largest absolute Gasteiger partial charge is 0.325 e. The van der Waals surface area contributed by atoms with E-state index in [2.05, 4.69) is 11.1 Å². The van der Waals surface area contributed by atoms with Crippen LogP contribution in [0, 0.1) is 0 Å². The Hall–Kier alpha value is -1.22. The Bertz CT molecular complexity index is 451. The first-order valence-corrected chi connectivity index (χ1v) is 6.43. The van der Waals surface area contributed by atoms with Crippen LogP contribution in [-0.2, 0) is 11.2 Å². The highest BCUT2D eigenvalue weighted by atomic mass is 16.1. The van der Waals surface area contributed by atoms with Crippen molar-refractivity contribution in [1.29, 1.82) is 0 Å². The van der Waals surface area contributed by atoms with Gasteiger partial charge in [0.05, 0.1) is 11.6 Å². The van der Waals surface area contributed by atoms with E-state index in [0.29, 0.717) is 12.2 Å². The number of aryl methyl sites for hydroxylation is 1. The van der Waals surface area contributed by atoms with Crippen LogP contribution in [0.4, 0.5) is 0 Å². The van der Waals surface area contributed by atoms with Crippen LogP contribution >= 0.6 is 0 Å². The SMILES string of the molecule is NC1(CC(=O)C2CCc3cccnc32)CCC1. The molecule has 1 aromatic heterocycles. The molecule has 0 amide bonds. The Morgan fingerprint density at radius 3 is 3.06 bits per heavy atom. The number of hydrogen-bond acceptors (Lipinski definition) is 3. The minimum atomic E-state index is -0.200. The van der Waals surface area contributed by atoms with Gasteiger partial charge in [-0.1, -0.05) is 6.07 Å². The minimum absolute atomic E-state index is 0.00669. The number of nitrogens with two attached hydrogens (primary N) is 1. The van der Waals surface area contributed by atoms with Crippen molar-refractivity contribution in [2.75, 3.05) is 0 Å². The number of ketones is 1. The van der Waals surface area contributed by atoms with E-state index >= 15 is 0 Å². The molecule has 0 aliphatic heterocycles. The van der Waals surface area contributed by atoms with E-state index in [1.807, 2.05) is 6.07 Å². The standard InChI is InChI=1S/C14H18N2O/c15-14(6-2-7-14)9-12(17)11-5-4-10-3-1-8-16-13(10)11/h1,3,8,11H,2,4-7,9,15H2. The van der Waals surface area contributed by atoms with Crippen LogP contribution in [0.15, 0.2) is 18.3 Å². The molecule has 0 spiro atoms. The summed E-state index contributed by atoms with van der Waals surface area (Å²) in [6.45, 7) is 0. The highest BCUT2D eigenvalue weighted by Gasteiger charge is 2.38. The predicted octanol–water partition coefficient (Wildman–Crippen LogP) is 1.95. The van der Waals surface area contributed by atoms with Crippen molar-refractivity contribution in [3.05, 3.63) is 29.6 Å². The Labute approximate surface area is 101 Å². The summed E-state index contributed by atoms with van der Waals surface area (Å²) in [5.41, 5.74) is 8.19. The molecule has 1 atom stereocenters. The molecule has 2 aliphatic carbocycles. The van der Waals surface area contributed by atoms with E-state index in [-0.39, 0.29) is 11.5 Å². The predicted molar refractivity (Wildman–Crippen MR) is 65.7 cm³/mol. The molecule has 1 fully saturated rings. The van der Waals surface area contributed by atoms with E-state index in [1.54, 1.807) is 6.20 Å². The molecule has 90 valence electrons. The maximum Gasteiger partial charge on any atom is 0.143 e. The zero-order chi connectivity index (χ0) is 11.9. The van der Waals surface area contributed by atoms with Gasteiger partial charge in [0, 0.05) is 18.2 Å². The first-order valence-electron chi connectivity index (χ1n) is 6.43. The van der Waals surface area contributed by atoms with Gasteiger partial charge in [-0.3, -0.25) is 9.78 Å². The maximum absolute atomic E-state index is 12.3. The van der Waals surface area contributed by atoms with Crippen molar-refractivity contribution >= 4 is 5.78 Å². The van der Waals surface area contributed by atoms with Crippen LogP contribution in [0.5, 0.6) is 0 Å². The van der Waals surface area contributed by atoms with Crippen molar-refractivity contribution < 1.29 is 4.79 Å². The molecule has 17 heavy (non-hydrogen) atoms. The van der Waals surface area contributed by atoms with Gasteiger partial charge < -0.3 is 5.73 Å². The van der Waals surface area contributed by atoms with Gasteiger partial charge in [0.1, 0.15) is 5.78 Å². The van der Waals surface area contributed by atoms with Crippen molar-refractivity contribution in [3.8, 4) is 0 Å². The van der Waals surface area contributed by atoms with E-state index in [1.165, 1.54) is 12.0 Å². The zero-order valence-electron chi connectivity index (χ0n) is 9.98. The van der Waals surface area contributed by atoms with Crippen molar-refractivity contribution in [2.24, 2.45) is 5.73 Å². The summed E-state index contributed by atoms with van der Waals surface area (Å²) in [6.07, 6.45) is 7.39. The molecular weight excluding hydrogens is 212 g/mol. The molecule has 0 saturated heterocycles. The smallest absolute Gasteiger partial charge is 0.143 e. The lowest BCUT2D eigenvalue weighted by Crippen LogP contribution is -2.48. The van der Waals surface area contributed by atoms with Gasteiger partial charge in [0.25, 0.3) is 0 Å². The number of fused-ring (bicyclic) bond motifs is 1. The molecule has 0 bridgehead atoms. The van der Waals surface area contributed by atoms with E-state index in [0.717, 1.165) is 31.4 Å². The summed E-state index contributed by atoms with van der Waals surface area (Å²) in [5.74, 6) is 0.303. The molecule has 3 heteroatoms. The normalized spacial score (nSPS) is 25.1. The van der Waals surface area contributed by atoms with Crippen LogP contribution in [0.25, 0.3) is 0 Å². The molecule has 1 aromatic rings. The molecule has 0 aromatic carbocycles. The fourth-order valence-electron chi connectivity index (χ4n) is 3.00. The van der Waals surface area contributed by atoms with Gasteiger partial charge in [0.15, 0.2) is 0 Å². The summed E-state index contributed by atoms with van der Waals surface area (Å²) in [5, 5.41) is 0. The third-order valence-corrected chi connectivity index (χ3v) is 4.22. The number of Topliss-reactive ketones (excluding diaryl/α,β-unsaturated/α-hetero) is 1.